The number of nitrogens with zero attached hydrogens (tertiary/aromatic N) is 2. The minimum atomic E-state index is -4.62. The third kappa shape index (κ3) is 3.59. The number of benzene rings is 1. The van der Waals surface area contributed by atoms with Gasteiger partial charge in [0.25, 0.3) is 0 Å². The Labute approximate surface area is 208 Å². The number of rotatable bonds is 2. The van der Waals surface area contributed by atoms with Crippen molar-refractivity contribution < 1.29 is 27.8 Å². The monoisotopic (exact) mass is 498 g/mol. The maximum atomic E-state index is 13.5. The van der Waals surface area contributed by atoms with E-state index >= 15 is 0 Å². The van der Waals surface area contributed by atoms with Gasteiger partial charge in [0.2, 0.25) is 0 Å². The first kappa shape index (κ1) is 23.9. The van der Waals surface area contributed by atoms with Crippen molar-refractivity contribution in [3.63, 3.8) is 0 Å². The topological polar surface area (TPSA) is 75.4 Å². The van der Waals surface area contributed by atoms with Crippen LogP contribution in [0.1, 0.15) is 109 Å². The number of aliphatic hydroxyl groups is 1. The van der Waals surface area contributed by atoms with Gasteiger partial charge in [-0.2, -0.15) is 18.4 Å². The highest BCUT2D eigenvalue weighted by Gasteiger charge is 2.55. The molecule has 4 aliphatic rings. The van der Waals surface area contributed by atoms with E-state index < -0.39 is 35.1 Å². The molecular weight excluding hydrogens is 469 g/mol. The van der Waals surface area contributed by atoms with Gasteiger partial charge in [-0.25, -0.2) is 0 Å². The lowest BCUT2D eigenvalue weighted by Gasteiger charge is -2.38. The minimum absolute atomic E-state index is 0.0456. The predicted octanol–water partition coefficient (Wildman–Crippen LogP) is 5.98. The third-order valence-electron chi connectivity index (χ3n) is 8.52. The molecule has 1 unspecified atom stereocenters. The Morgan fingerprint density at radius 3 is 2.47 bits per heavy atom. The number of pyridine rings is 1. The molecule has 2 aromatic rings. The van der Waals surface area contributed by atoms with E-state index in [0.29, 0.717) is 38.0 Å². The molecule has 1 aromatic heterocycles. The van der Waals surface area contributed by atoms with E-state index in [1.54, 1.807) is 6.07 Å². The van der Waals surface area contributed by atoms with Crippen LogP contribution in [-0.2, 0) is 27.7 Å². The van der Waals surface area contributed by atoms with Gasteiger partial charge in [-0.05, 0) is 60.3 Å². The van der Waals surface area contributed by atoms with Gasteiger partial charge in [0.05, 0.1) is 28.9 Å². The number of alkyl halides is 3. The molecule has 1 aromatic carbocycles. The lowest BCUT2D eigenvalue weighted by atomic mass is 9.73. The molecule has 1 saturated carbocycles. The fourth-order valence-electron chi connectivity index (χ4n) is 6.58. The molecule has 2 atom stereocenters. The van der Waals surface area contributed by atoms with Gasteiger partial charge in [0.15, 0.2) is 0 Å². The number of nitriles is 1. The van der Waals surface area contributed by atoms with Crippen molar-refractivity contribution in [2.24, 2.45) is 5.41 Å². The van der Waals surface area contributed by atoms with Gasteiger partial charge in [0, 0.05) is 48.6 Å². The van der Waals surface area contributed by atoms with Gasteiger partial charge in [-0.15, -0.1) is 0 Å². The summed E-state index contributed by atoms with van der Waals surface area (Å²) < 4.78 is 53.0. The number of hydrogen-bond donors (Lipinski definition) is 1. The fourth-order valence-corrected chi connectivity index (χ4v) is 6.58. The van der Waals surface area contributed by atoms with Gasteiger partial charge in [-0.1, -0.05) is 19.9 Å². The Balaban J connectivity index is 1.58. The van der Waals surface area contributed by atoms with Gasteiger partial charge in [-0.3, -0.25) is 4.98 Å². The first-order valence-corrected chi connectivity index (χ1v) is 12.7. The first-order chi connectivity index (χ1) is 17.1. The molecule has 1 N–H and O–H groups in total. The molecule has 2 spiro atoms. The summed E-state index contributed by atoms with van der Waals surface area (Å²) in [5.74, 6) is 0.0456. The summed E-state index contributed by atoms with van der Waals surface area (Å²) in [7, 11) is 0. The summed E-state index contributed by atoms with van der Waals surface area (Å²) in [6.07, 6.45) is -1.03. The zero-order valence-corrected chi connectivity index (χ0v) is 20.4. The molecule has 0 bridgehead atoms. The van der Waals surface area contributed by atoms with Crippen molar-refractivity contribution >= 4 is 0 Å². The van der Waals surface area contributed by atoms with Crippen LogP contribution in [0.4, 0.5) is 13.2 Å². The summed E-state index contributed by atoms with van der Waals surface area (Å²) in [5.41, 5.74) is 3.01. The van der Waals surface area contributed by atoms with E-state index in [1.807, 2.05) is 0 Å². The van der Waals surface area contributed by atoms with Crippen LogP contribution in [0.15, 0.2) is 18.2 Å². The van der Waals surface area contributed by atoms with Crippen molar-refractivity contribution in [1.82, 2.24) is 4.98 Å². The number of hydrogen-bond acceptors (Lipinski definition) is 5. The number of ether oxygens (including phenoxy) is 2. The Bertz CT molecular complexity index is 1270. The van der Waals surface area contributed by atoms with E-state index in [9.17, 15) is 23.5 Å². The second kappa shape index (κ2) is 8.01. The Kier molecular flexibility index (Phi) is 5.32. The normalized spacial score (nSPS) is 25.6. The highest BCUT2D eigenvalue weighted by molar-refractivity contribution is 5.56. The number of aliphatic hydroxyl groups excluding tert-OH is 1. The molecule has 2 aliphatic heterocycles. The quantitative estimate of drug-likeness (QED) is 0.551. The predicted molar refractivity (Wildman–Crippen MR) is 124 cm³/mol. The smallest absolute Gasteiger partial charge is 0.388 e. The molecule has 2 fully saturated rings. The molecule has 0 radical (unpaired) electrons. The summed E-state index contributed by atoms with van der Waals surface area (Å²) >= 11 is 0. The zero-order valence-electron chi connectivity index (χ0n) is 20.4. The maximum Gasteiger partial charge on any atom is 0.417 e. The van der Waals surface area contributed by atoms with Gasteiger partial charge >= 0.3 is 6.18 Å². The summed E-state index contributed by atoms with van der Waals surface area (Å²) in [4.78, 5) is 5.11. The van der Waals surface area contributed by atoms with Gasteiger partial charge in [0.1, 0.15) is 6.10 Å². The molecule has 3 heterocycles. The number of aromatic nitrogens is 1. The van der Waals surface area contributed by atoms with Crippen molar-refractivity contribution in [3.05, 3.63) is 63.0 Å². The summed E-state index contributed by atoms with van der Waals surface area (Å²) in [6, 6.07) is 5.40. The fraction of sp³-hybridized carbons (Fsp3) is 0.571. The molecule has 5 nitrogen and oxygen atoms in total. The zero-order chi connectivity index (χ0) is 25.5. The second-order valence-corrected chi connectivity index (χ2v) is 11.2. The lowest BCUT2D eigenvalue weighted by molar-refractivity contribution is -0.138. The lowest BCUT2D eigenvalue weighted by Crippen LogP contribution is -2.36. The maximum absolute atomic E-state index is 13.5. The van der Waals surface area contributed by atoms with Crippen LogP contribution in [0.5, 0.6) is 0 Å². The molecule has 1 saturated heterocycles. The number of halogens is 3. The van der Waals surface area contributed by atoms with Crippen LogP contribution in [-0.4, -0.2) is 23.3 Å². The van der Waals surface area contributed by atoms with E-state index in [-0.39, 0.29) is 11.3 Å². The Hall–Kier alpha value is -2.47. The van der Waals surface area contributed by atoms with Crippen LogP contribution >= 0.6 is 0 Å². The second-order valence-electron chi connectivity index (χ2n) is 11.2. The van der Waals surface area contributed by atoms with Crippen molar-refractivity contribution in [3.8, 4) is 6.07 Å². The molecule has 36 heavy (non-hydrogen) atoms. The highest BCUT2D eigenvalue weighted by atomic mass is 19.4. The SMILES string of the molecule is CC(C)c1nc2c(c3c1C(c1ccc(C(F)(F)F)c(C#N)c1)OC31CCOCC1)[C@@H](O)CC1(CC1)C2. The summed E-state index contributed by atoms with van der Waals surface area (Å²) in [5, 5.41) is 20.9. The van der Waals surface area contributed by atoms with Crippen molar-refractivity contribution in [2.45, 2.75) is 82.3 Å². The van der Waals surface area contributed by atoms with Crippen LogP contribution in [0.2, 0.25) is 0 Å². The van der Waals surface area contributed by atoms with Crippen LogP contribution in [0, 0.1) is 16.7 Å². The first-order valence-electron chi connectivity index (χ1n) is 12.7. The Morgan fingerprint density at radius 2 is 1.86 bits per heavy atom. The molecule has 190 valence electrons. The largest absolute Gasteiger partial charge is 0.417 e. The number of fused-ring (bicyclic) bond motifs is 4. The van der Waals surface area contributed by atoms with E-state index in [4.69, 9.17) is 14.5 Å². The molecular formula is C28H29F3N2O3. The van der Waals surface area contributed by atoms with Gasteiger partial charge < -0.3 is 14.6 Å². The van der Waals surface area contributed by atoms with E-state index in [0.717, 1.165) is 53.4 Å². The third-order valence-corrected chi connectivity index (χ3v) is 8.52. The highest BCUT2D eigenvalue weighted by Crippen LogP contribution is 2.62. The van der Waals surface area contributed by atoms with E-state index in [1.165, 1.54) is 12.1 Å². The van der Waals surface area contributed by atoms with E-state index in [2.05, 4.69) is 13.8 Å². The standard InChI is InChI=1S/C28H29F3N2O3/c1-15(2)24-22-23(21-19(33-24)12-26(5-6-26)13-20(21)34)27(7-9-35-10-8-27)36-25(22)16-3-4-18(28(29,30)31)17(11-16)14-32/h3-4,11,15,20,25,34H,5-10,12-13H2,1-2H3/t20-,25?/m0/s1. The van der Waals surface area contributed by atoms with Crippen LogP contribution in [0.3, 0.4) is 0 Å². The van der Waals surface area contributed by atoms with Crippen molar-refractivity contribution in [2.75, 3.05) is 13.2 Å². The average molecular weight is 499 g/mol. The molecule has 6 rings (SSSR count). The Morgan fingerprint density at radius 1 is 1.14 bits per heavy atom. The molecule has 0 amide bonds. The van der Waals surface area contributed by atoms with Crippen LogP contribution < -0.4 is 0 Å². The molecule has 8 heteroatoms. The molecule has 2 aliphatic carbocycles. The van der Waals surface area contributed by atoms with Crippen LogP contribution in [0.25, 0.3) is 0 Å². The minimum Gasteiger partial charge on any atom is -0.388 e. The van der Waals surface area contributed by atoms with Crippen molar-refractivity contribution in [1.29, 1.82) is 5.26 Å². The average Bonchev–Trinajstić information content (AvgIpc) is 3.50. The summed E-state index contributed by atoms with van der Waals surface area (Å²) in [6.45, 7) is 5.11.